The van der Waals surface area contributed by atoms with Gasteiger partial charge in [0.2, 0.25) is 0 Å². The third kappa shape index (κ3) is 3.26. The molecule has 0 aliphatic rings. The highest BCUT2D eigenvalue weighted by Crippen LogP contribution is 2.33. The molecular formula is C14H12F3NO. The molecule has 0 atom stereocenters. The lowest BCUT2D eigenvalue weighted by molar-refractivity contribution is -0.137. The standard InChI is InChI=1S/C14H12F3NO/c15-14(16,17)11-5-3-6-12(8-11)19-13-7-2-1-4-10(13)9-18/h1-8H,9,18H2. The second kappa shape index (κ2) is 5.32. The molecule has 0 heterocycles. The highest BCUT2D eigenvalue weighted by molar-refractivity contribution is 5.39. The van der Waals surface area contributed by atoms with E-state index in [1.54, 1.807) is 24.3 Å². The van der Waals surface area contributed by atoms with Crippen molar-refractivity contribution in [3.63, 3.8) is 0 Å². The van der Waals surface area contributed by atoms with Crippen molar-refractivity contribution in [1.82, 2.24) is 0 Å². The largest absolute Gasteiger partial charge is 0.457 e. The minimum absolute atomic E-state index is 0.135. The van der Waals surface area contributed by atoms with Gasteiger partial charge in [-0.3, -0.25) is 0 Å². The molecule has 0 saturated heterocycles. The number of alkyl halides is 3. The summed E-state index contributed by atoms with van der Waals surface area (Å²) in [6.45, 7) is 0.259. The lowest BCUT2D eigenvalue weighted by atomic mass is 10.2. The van der Waals surface area contributed by atoms with Crippen LogP contribution in [0.15, 0.2) is 48.5 Å². The minimum Gasteiger partial charge on any atom is -0.457 e. The van der Waals surface area contributed by atoms with E-state index in [9.17, 15) is 13.2 Å². The molecule has 0 amide bonds. The molecule has 2 aromatic rings. The molecule has 2 N–H and O–H groups in total. The van der Waals surface area contributed by atoms with Gasteiger partial charge in [0.25, 0.3) is 0 Å². The summed E-state index contributed by atoms with van der Waals surface area (Å²) in [4.78, 5) is 0. The molecule has 2 rings (SSSR count). The fourth-order valence-electron chi connectivity index (χ4n) is 1.63. The van der Waals surface area contributed by atoms with Gasteiger partial charge in [-0.15, -0.1) is 0 Å². The Morgan fingerprint density at radius 3 is 2.42 bits per heavy atom. The zero-order chi connectivity index (χ0) is 13.9. The minimum atomic E-state index is -4.38. The third-order valence-corrected chi connectivity index (χ3v) is 2.58. The van der Waals surface area contributed by atoms with Crippen LogP contribution in [0.4, 0.5) is 13.2 Å². The molecule has 19 heavy (non-hydrogen) atoms. The molecule has 0 spiro atoms. The average molecular weight is 267 g/mol. The van der Waals surface area contributed by atoms with Crippen LogP contribution in [0.5, 0.6) is 11.5 Å². The van der Waals surface area contributed by atoms with Gasteiger partial charge >= 0.3 is 6.18 Å². The first-order valence-electron chi connectivity index (χ1n) is 5.64. The number of ether oxygens (including phenoxy) is 1. The number of para-hydroxylation sites is 1. The second-order valence-corrected chi connectivity index (χ2v) is 3.94. The quantitative estimate of drug-likeness (QED) is 0.913. The van der Waals surface area contributed by atoms with E-state index in [0.29, 0.717) is 5.75 Å². The Bertz CT molecular complexity index is 567. The summed E-state index contributed by atoms with van der Waals surface area (Å²) >= 11 is 0. The molecule has 2 nitrogen and oxygen atoms in total. The van der Waals surface area contributed by atoms with Crippen molar-refractivity contribution in [3.8, 4) is 11.5 Å². The Balaban J connectivity index is 2.29. The Morgan fingerprint density at radius 2 is 1.74 bits per heavy atom. The van der Waals surface area contributed by atoms with Gasteiger partial charge in [0.15, 0.2) is 0 Å². The van der Waals surface area contributed by atoms with E-state index in [2.05, 4.69) is 0 Å². The normalized spacial score (nSPS) is 11.4. The van der Waals surface area contributed by atoms with E-state index in [-0.39, 0.29) is 12.3 Å². The van der Waals surface area contributed by atoms with Gasteiger partial charge < -0.3 is 10.5 Å². The van der Waals surface area contributed by atoms with Crippen LogP contribution >= 0.6 is 0 Å². The number of hydrogen-bond acceptors (Lipinski definition) is 2. The van der Waals surface area contributed by atoms with Gasteiger partial charge in [-0.2, -0.15) is 13.2 Å². The van der Waals surface area contributed by atoms with Crippen LogP contribution in [0, 0.1) is 0 Å². The SMILES string of the molecule is NCc1ccccc1Oc1cccc(C(F)(F)F)c1. The van der Waals surface area contributed by atoms with Crippen molar-refractivity contribution >= 4 is 0 Å². The first-order chi connectivity index (χ1) is 9.00. The van der Waals surface area contributed by atoms with Crippen molar-refractivity contribution in [2.45, 2.75) is 12.7 Å². The molecule has 0 radical (unpaired) electrons. The Hall–Kier alpha value is -2.01. The first kappa shape index (κ1) is 13.4. The molecule has 0 aliphatic carbocycles. The van der Waals surface area contributed by atoms with Crippen LogP contribution in [-0.4, -0.2) is 0 Å². The molecule has 5 heteroatoms. The highest BCUT2D eigenvalue weighted by Gasteiger charge is 2.30. The van der Waals surface area contributed by atoms with Crippen LogP contribution in [-0.2, 0) is 12.7 Å². The molecule has 0 saturated carbocycles. The lowest BCUT2D eigenvalue weighted by Gasteiger charge is -2.12. The van der Waals surface area contributed by atoms with Gasteiger partial charge in [0.1, 0.15) is 11.5 Å². The molecule has 0 aromatic heterocycles. The fourth-order valence-corrected chi connectivity index (χ4v) is 1.63. The summed E-state index contributed by atoms with van der Waals surface area (Å²) in [5.41, 5.74) is 5.54. The van der Waals surface area contributed by atoms with Gasteiger partial charge in [-0.05, 0) is 24.3 Å². The maximum Gasteiger partial charge on any atom is 0.416 e. The maximum atomic E-state index is 12.6. The zero-order valence-electron chi connectivity index (χ0n) is 9.95. The van der Waals surface area contributed by atoms with Crippen molar-refractivity contribution in [2.24, 2.45) is 5.73 Å². The first-order valence-corrected chi connectivity index (χ1v) is 5.64. The topological polar surface area (TPSA) is 35.2 Å². The third-order valence-electron chi connectivity index (χ3n) is 2.58. The predicted molar refractivity (Wildman–Crippen MR) is 65.9 cm³/mol. The zero-order valence-corrected chi connectivity index (χ0v) is 9.95. The number of benzene rings is 2. The number of halogens is 3. The van der Waals surface area contributed by atoms with E-state index in [1.165, 1.54) is 12.1 Å². The molecule has 0 fully saturated rings. The van der Waals surface area contributed by atoms with Crippen LogP contribution in [0.2, 0.25) is 0 Å². The van der Waals surface area contributed by atoms with Gasteiger partial charge in [-0.25, -0.2) is 0 Å². The monoisotopic (exact) mass is 267 g/mol. The number of rotatable bonds is 3. The Labute approximate surface area is 108 Å². The molecule has 0 unspecified atom stereocenters. The molecule has 0 bridgehead atoms. The maximum absolute atomic E-state index is 12.6. The van der Waals surface area contributed by atoms with Crippen LogP contribution in [0.1, 0.15) is 11.1 Å². The van der Waals surface area contributed by atoms with Gasteiger partial charge in [0.05, 0.1) is 5.56 Å². The number of hydrogen-bond donors (Lipinski definition) is 1. The highest BCUT2D eigenvalue weighted by atomic mass is 19.4. The predicted octanol–water partition coefficient (Wildman–Crippen LogP) is 3.96. The summed E-state index contributed by atoms with van der Waals surface area (Å²) in [7, 11) is 0. The van der Waals surface area contributed by atoms with Crippen molar-refractivity contribution < 1.29 is 17.9 Å². The van der Waals surface area contributed by atoms with Gasteiger partial charge in [0, 0.05) is 12.1 Å². The van der Waals surface area contributed by atoms with E-state index in [4.69, 9.17) is 10.5 Å². The summed E-state index contributed by atoms with van der Waals surface area (Å²) in [5.74, 6) is 0.597. The van der Waals surface area contributed by atoms with Crippen LogP contribution in [0.3, 0.4) is 0 Å². The summed E-state index contributed by atoms with van der Waals surface area (Å²) in [6, 6.07) is 11.7. The summed E-state index contributed by atoms with van der Waals surface area (Å²) in [6.07, 6.45) is -4.38. The van der Waals surface area contributed by atoms with E-state index < -0.39 is 11.7 Å². The van der Waals surface area contributed by atoms with Crippen LogP contribution < -0.4 is 10.5 Å². The molecule has 2 aromatic carbocycles. The molecule has 100 valence electrons. The van der Waals surface area contributed by atoms with E-state index in [0.717, 1.165) is 17.7 Å². The van der Waals surface area contributed by atoms with E-state index in [1.807, 2.05) is 0 Å². The van der Waals surface area contributed by atoms with E-state index >= 15 is 0 Å². The van der Waals surface area contributed by atoms with Gasteiger partial charge in [-0.1, -0.05) is 24.3 Å². The smallest absolute Gasteiger partial charge is 0.416 e. The molecular weight excluding hydrogens is 255 g/mol. The Morgan fingerprint density at radius 1 is 1.00 bits per heavy atom. The average Bonchev–Trinajstić information content (AvgIpc) is 2.39. The number of nitrogens with two attached hydrogens (primary N) is 1. The Kier molecular flexibility index (Phi) is 3.76. The fraction of sp³-hybridized carbons (Fsp3) is 0.143. The summed E-state index contributed by atoms with van der Waals surface area (Å²) in [5, 5.41) is 0. The van der Waals surface area contributed by atoms with Crippen molar-refractivity contribution in [3.05, 3.63) is 59.7 Å². The molecule has 0 aliphatic heterocycles. The van der Waals surface area contributed by atoms with Crippen LogP contribution in [0.25, 0.3) is 0 Å². The lowest BCUT2D eigenvalue weighted by Crippen LogP contribution is -2.05. The second-order valence-electron chi connectivity index (χ2n) is 3.94. The van der Waals surface area contributed by atoms with Crippen molar-refractivity contribution in [1.29, 1.82) is 0 Å². The summed E-state index contributed by atoms with van der Waals surface area (Å²) < 4.78 is 43.2. The van der Waals surface area contributed by atoms with Crippen molar-refractivity contribution in [2.75, 3.05) is 0 Å².